The van der Waals surface area contributed by atoms with Gasteiger partial charge in [-0.25, -0.2) is 13.6 Å². The third kappa shape index (κ3) is 2.82. The number of hydrogen-bond acceptors (Lipinski definition) is 6. The largest absolute Gasteiger partial charge is 0.380 e. The maximum atomic E-state index is 13.8. The number of halogens is 2. The molecule has 7 nitrogen and oxygen atoms in total. The average Bonchev–Trinajstić information content (AvgIpc) is 3.24. The van der Waals surface area contributed by atoms with Gasteiger partial charge in [0.1, 0.15) is 11.6 Å². The second-order valence-electron chi connectivity index (χ2n) is 5.82. The first-order chi connectivity index (χ1) is 13.0. The highest BCUT2D eigenvalue weighted by atomic mass is 19.1. The molecule has 136 valence electrons. The van der Waals surface area contributed by atoms with Gasteiger partial charge in [-0.15, -0.1) is 0 Å². The van der Waals surface area contributed by atoms with Gasteiger partial charge in [-0.05, 0) is 30.3 Å². The fraction of sp³-hybridized carbons (Fsp3) is 0.111. The van der Waals surface area contributed by atoms with E-state index in [0.717, 1.165) is 18.2 Å². The molecular weight excluding hydrogens is 362 g/mol. The summed E-state index contributed by atoms with van der Waals surface area (Å²) in [5.41, 5.74) is 0.0881. The zero-order chi connectivity index (χ0) is 19.1. The fourth-order valence-corrected chi connectivity index (χ4v) is 2.78. The number of hydrogen-bond donors (Lipinski definition) is 0. The highest BCUT2D eigenvalue weighted by Crippen LogP contribution is 2.25. The van der Waals surface area contributed by atoms with Crippen LogP contribution in [0, 0.1) is 11.6 Å². The van der Waals surface area contributed by atoms with E-state index in [4.69, 9.17) is 9.68 Å². The van der Waals surface area contributed by atoms with Gasteiger partial charge in [-0.3, -0.25) is 9.59 Å². The summed E-state index contributed by atoms with van der Waals surface area (Å²) in [5, 5.41) is 3.93. The number of hydroxylamine groups is 2. The first kappa shape index (κ1) is 16.8. The molecule has 0 fully saturated rings. The van der Waals surface area contributed by atoms with Crippen molar-refractivity contribution in [2.24, 2.45) is 5.16 Å². The zero-order valence-electron chi connectivity index (χ0n) is 13.5. The van der Waals surface area contributed by atoms with Crippen molar-refractivity contribution in [1.82, 2.24) is 5.06 Å². The number of fused-ring (bicyclic) bond motifs is 1. The molecule has 4 rings (SSSR count). The van der Waals surface area contributed by atoms with Gasteiger partial charge in [-0.1, -0.05) is 22.4 Å². The molecule has 2 heterocycles. The van der Waals surface area contributed by atoms with Crippen molar-refractivity contribution in [1.29, 1.82) is 0 Å². The molecule has 0 bridgehead atoms. The van der Waals surface area contributed by atoms with Crippen molar-refractivity contribution in [3.63, 3.8) is 0 Å². The smallest absolute Gasteiger partial charge is 0.376 e. The lowest BCUT2D eigenvalue weighted by Gasteiger charge is -2.14. The molecule has 27 heavy (non-hydrogen) atoms. The number of amides is 2. The van der Waals surface area contributed by atoms with Crippen molar-refractivity contribution < 1.29 is 32.8 Å². The quantitative estimate of drug-likeness (QED) is 0.772. The van der Waals surface area contributed by atoms with Crippen LogP contribution in [-0.4, -0.2) is 34.7 Å². The lowest BCUT2D eigenvalue weighted by atomic mass is 10.0. The molecule has 0 aliphatic carbocycles. The molecule has 2 aliphatic rings. The summed E-state index contributed by atoms with van der Waals surface area (Å²) < 4.78 is 27.1. The van der Waals surface area contributed by atoms with E-state index in [1.807, 2.05) is 0 Å². The van der Waals surface area contributed by atoms with Gasteiger partial charge in [0, 0.05) is 12.0 Å². The highest BCUT2D eigenvalue weighted by molar-refractivity contribution is 6.21. The second kappa shape index (κ2) is 6.27. The highest BCUT2D eigenvalue weighted by Gasteiger charge is 2.41. The molecule has 2 amide bonds. The maximum absolute atomic E-state index is 13.8. The zero-order valence-corrected chi connectivity index (χ0v) is 13.5. The van der Waals surface area contributed by atoms with E-state index in [1.165, 1.54) is 12.1 Å². The Morgan fingerprint density at radius 3 is 2.41 bits per heavy atom. The molecule has 0 saturated carbocycles. The van der Waals surface area contributed by atoms with E-state index in [-0.39, 0.29) is 28.8 Å². The first-order valence-corrected chi connectivity index (χ1v) is 7.83. The van der Waals surface area contributed by atoms with E-state index in [1.54, 1.807) is 12.1 Å². The van der Waals surface area contributed by atoms with Crippen LogP contribution < -0.4 is 0 Å². The third-order valence-electron chi connectivity index (χ3n) is 4.11. The van der Waals surface area contributed by atoms with E-state index in [9.17, 15) is 23.2 Å². The Balaban J connectivity index is 1.46. The Kier molecular flexibility index (Phi) is 3.91. The first-order valence-electron chi connectivity index (χ1n) is 7.83. The van der Waals surface area contributed by atoms with Crippen LogP contribution in [0.2, 0.25) is 0 Å². The summed E-state index contributed by atoms with van der Waals surface area (Å²) in [6.07, 6.45) is -1.51. The Morgan fingerprint density at radius 1 is 1.07 bits per heavy atom. The minimum Gasteiger partial charge on any atom is -0.380 e. The SMILES string of the molecule is O=C(ON1C(=O)c2ccccc2C1=O)C1CC(c2cc(F)ccc2F)=NO1. The Labute approximate surface area is 150 Å². The maximum Gasteiger partial charge on any atom is 0.376 e. The van der Waals surface area contributed by atoms with Crippen LogP contribution >= 0.6 is 0 Å². The van der Waals surface area contributed by atoms with Crippen molar-refractivity contribution in [3.05, 3.63) is 70.8 Å². The molecule has 1 unspecified atom stereocenters. The lowest BCUT2D eigenvalue weighted by molar-refractivity contribution is -0.180. The summed E-state index contributed by atoms with van der Waals surface area (Å²) >= 11 is 0. The second-order valence-corrected chi connectivity index (χ2v) is 5.82. The van der Waals surface area contributed by atoms with Gasteiger partial charge in [0.05, 0.1) is 16.8 Å². The predicted molar refractivity (Wildman–Crippen MR) is 85.4 cm³/mol. The van der Waals surface area contributed by atoms with Crippen LogP contribution in [0.3, 0.4) is 0 Å². The number of imide groups is 1. The molecule has 9 heteroatoms. The van der Waals surface area contributed by atoms with Crippen molar-refractivity contribution >= 4 is 23.5 Å². The predicted octanol–water partition coefficient (Wildman–Crippen LogP) is 2.21. The Hall–Kier alpha value is -3.62. The van der Waals surface area contributed by atoms with Crippen LogP contribution in [-0.2, 0) is 14.5 Å². The molecular formula is C18H10F2N2O5. The van der Waals surface area contributed by atoms with Gasteiger partial charge < -0.3 is 9.68 Å². The topological polar surface area (TPSA) is 85.3 Å². The van der Waals surface area contributed by atoms with Crippen LogP contribution in [0.1, 0.15) is 32.7 Å². The molecule has 2 aliphatic heterocycles. The minimum absolute atomic E-state index is 0.0105. The van der Waals surface area contributed by atoms with Gasteiger partial charge >= 0.3 is 5.97 Å². The summed E-state index contributed by atoms with van der Waals surface area (Å²) in [6.45, 7) is 0. The fourth-order valence-electron chi connectivity index (χ4n) is 2.78. The van der Waals surface area contributed by atoms with Crippen LogP contribution in [0.4, 0.5) is 8.78 Å². The minimum atomic E-state index is -1.30. The summed E-state index contributed by atoms with van der Waals surface area (Å²) in [6, 6.07) is 8.81. The molecule has 0 radical (unpaired) electrons. The molecule has 0 N–H and O–H groups in total. The molecule has 2 aromatic rings. The molecule has 0 aromatic heterocycles. The monoisotopic (exact) mass is 372 g/mol. The number of oxime groups is 1. The normalized spacial score (nSPS) is 18.2. The summed E-state index contributed by atoms with van der Waals surface area (Å²) in [4.78, 5) is 46.4. The third-order valence-corrected chi connectivity index (χ3v) is 4.11. The molecule has 2 aromatic carbocycles. The van der Waals surface area contributed by atoms with Gasteiger partial charge in [0.2, 0.25) is 6.10 Å². The molecule has 0 saturated heterocycles. The number of carbonyl (C=O) groups is 3. The number of nitrogens with zero attached hydrogens (tertiary/aromatic N) is 2. The van der Waals surface area contributed by atoms with Crippen LogP contribution in [0.25, 0.3) is 0 Å². The Morgan fingerprint density at radius 2 is 1.74 bits per heavy atom. The van der Waals surface area contributed by atoms with E-state index < -0.39 is 35.5 Å². The summed E-state index contributed by atoms with van der Waals surface area (Å²) in [5.74, 6) is -4.02. The number of rotatable bonds is 3. The lowest BCUT2D eigenvalue weighted by Crippen LogP contribution is -2.37. The molecule has 0 spiro atoms. The van der Waals surface area contributed by atoms with E-state index in [0.29, 0.717) is 5.06 Å². The molecule has 1 atom stereocenters. The number of carbonyl (C=O) groups excluding carboxylic acids is 3. The standard InChI is InChI=1S/C18H10F2N2O5/c19-9-5-6-13(20)12(7-9)14-8-15(26-21-14)18(25)27-22-16(23)10-3-1-2-4-11(10)17(22)24/h1-7,15H,8H2. The van der Waals surface area contributed by atoms with Gasteiger partial charge in [0.25, 0.3) is 11.8 Å². The van der Waals surface area contributed by atoms with Crippen LogP contribution in [0.5, 0.6) is 0 Å². The van der Waals surface area contributed by atoms with Crippen molar-refractivity contribution in [2.45, 2.75) is 12.5 Å². The van der Waals surface area contributed by atoms with Crippen molar-refractivity contribution in [2.75, 3.05) is 0 Å². The van der Waals surface area contributed by atoms with Crippen molar-refractivity contribution in [3.8, 4) is 0 Å². The van der Waals surface area contributed by atoms with Gasteiger partial charge in [-0.2, -0.15) is 0 Å². The number of benzene rings is 2. The average molecular weight is 372 g/mol. The van der Waals surface area contributed by atoms with Gasteiger partial charge in [0.15, 0.2) is 0 Å². The van der Waals surface area contributed by atoms with E-state index >= 15 is 0 Å². The summed E-state index contributed by atoms with van der Waals surface area (Å²) in [7, 11) is 0. The van der Waals surface area contributed by atoms with Crippen LogP contribution in [0.15, 0.2) is 47.6 Å². The van der Waals surface area contributed by atoms with E-state index in [2.05, 4.69) is 5.16 Å². The Bertz CT molecular complexity index is 986.